The molecule has 0 radical (unpaired) electrons. The first-order valence-electron chi connectivity index (χ1n) is 8.23. The Morgan fingerprint density at radius 3 is 2.19 bits per heavy atom. The fourth-order valence-electron chi connectivity index (χ4n) is 2.39. The first-order chi connectivity index (χ1) is 13.2. The predicted molar refractivity (Wildman–Crippen MR) is 105 cm³/mol. The highest BCUT2D eigenvalue weighted by molar-refractivity contribution is 5.85. The molecule has 0 saturated carbocycles. The van der Waals surface area contributed by atoms with Gasteiger partial charge in [-0.05, 0) is 47.5 Å². The minimum atomic E-state index is -0.644. The minimum absolute atomic E-state index is 0.473. The van der Waals surface area contributed by atoms with Crippen molar-refractivity contribution in [3.8, 4) is 16.9 Å². The van der Waals surface area contributed by atoms with Gasteiger partial charge in [0.05, 0.1) is 12.8 Å². The fourth-order valence-corrected chi connectivity index (χ4v) is 2.39. The second-order valence-corrected chi connectivity index (χ2v) is 5.64. The van der Waals surface area contributed by atoms with Crippen LogP contribution in [0.1, 0.15) is 5.56 Å². The molecular formula is C21H19N3O3. The van der Waals surface area contributed by atoms with Gasteiger partial charge in [0.15, 0.2) is 0 Å². The molecule has 6 nitrogen and oxygen atoms in total. The molecule has 0 atom stereocenters. The van der Waals surface area contributed by atoms with Crippen LogP contribution >= 0.6 is 0 Å². The lowest BCUT2D eigenvalue weighted by Crippen LogP contribution is -2.22. The third kappa shape index (κ3) is 4.85. The highest BCUT2D eigenvalue weighted by Gasteiger charge is 2.06. The average Bonchev–Trinajstić information content (AvgIpc) is 2.73. The summed E-state index contributed by atoms with van der Waals surface area (Å²) in [5.74, 6) is 0.704. The Kier molecular flexibility index (Phi) is 5.69. The number of rotatable bonds is 6. The molecule has 1 aromatic heterocycles. The van der Waals surface area contributed by atoms with Crippen LogP contribution in [0.15, 0.2) is 79.6 Å². The van der Waals surface area contributed by atoms with Gasteiger partial charge in [-0.1, -0.05) is 30.8 Å². The Morgan fingerprint density at radius 1 is 0.926 bits per heavy atom. The van der Waals surface area contributed by atoms with Crippen molar-refractivity contribution >= 4 is 17.5 Å². The SMILES string of the molecule is C=C(NOC(=O)Nc1ccc(OC)cc1)c1ccc(-c2ccncc2)cc1. The molecule has 0 unspecified atom stereocenters. The number of nitrogens with zero attached hydrogens (tertiary/aromatic N) is 1. The Hall–Kier alpha value is -3.80. The van der Waals surface area contributed by atoms with E-state index in [1.165, 1.54) is 0 Å². The van der Waals surface area contributed by atoms with Crippen LogP contribution in [0, 0.1) is 0 Å². The van der Waals surface area contributed by atoms with E-state index in [0.29, 0.717) is 17.1 Å². The zero-order valence-electron chi connectivity index (χ0n) is 14.8. The van der Waals surface area contributed by atoms with Crippen molar-refractivity contribution in [2.24, 2.45) is 0 Å². The van der Waals surface area contributed by atoms with E-state index >= 15 is 0 Å². The van der Waals surface area contributed by atoms with E-state index in [0.717, 1.165) is 16.7 Å². The fraction of sp³-hybridized carbons (Fsp3) is 0.0476. The minimum Gasteiger partial charge on any atom is -0.497 e. The van der Waals surface area contributed by atoms with Gasteiger partial charge in [0, 0.05) is 23.6 Å². The van der Waals surface area contributed by atoms with Crippen molar-refractivity contribution in [1.82, 2.24) is 10.5 Å². The van der Waals surface area contributed by atoms with Gasteiger partial charge in [-0.15, -0.1) is 0 Å². The van der Waals surface area contributed by atoms with Gasteiger partial charge in [0.1, 0.15) is 5.75 Å². The lowest BCUT2D eigenvalue weighted by molar-refractivity contribution is 0.131. The molecule has 0 bridgehead atoms. The molecule has 136 valence electrons. The molecule has 0 fully saturated rings. The maximum atomic E-state index is 11.9. The predicted octanol–water partition coefficient (Wildman–Crippen LogP) is 4.48. The lowest BCUT2D eigenvalue weighted by atomic mass is 10.0. The number of anilines is 1. The number of carbonyl (C=O) groups excluding carboxylic acids is 1. The van der Waals surface area contributed by atoms with E-state index in [1.54, 1.807) is 43.8 Å². The molecule has 1 heterocycles. The summed E-state index contributed by atoms with van der Waals surface area (Å²) in [6, 6.07) is 18.5. The number of hydrogen-bond donors (Lipinski definition) is 2. The molecule has 0 saturated heterocycles. The first-order valence-corrected chi connectivity index (χ1v) is 8.23. The number of hydroxylamine groups is 1. The number of ether oxygens (including phenoxy) is 1. The van der Waals surface area contributed by atoms with E-state index in [1.807, 2.05) is 36.4 Å². The molecule has 2 N–H and O–H groups in total. The zero-order valence-corrected chi connectivity index (χ0v) is 14.8. The molecule has 0 aliphatic carbocycles. The van der Waals surface area contributed by atoms with Gasteiger partial charge < -0.3 is 9.57 Å². The van der Waals surface area contributed by atoms with Crippen LogP contribution in [-0.4, -0.2) is 18.2 Å². The number of aromatic nitrogens is 1. The average molecular weight is 361 g/mol. The molecule has 0 spiro atoms. The summed E-state index contributed by atoms with van der Waals surface area (Å²) < 4.78 is 5.07. The number of amides is 1. The van der Waals surface area contributed by atoms with Crippen LogP contribution in [0.4, 0.5) is 10.5 Å². The van der Waals surface area contributed by atoms with E-state index in [-0.39, 0.29) is 0 Å². The van der Waals surface area contributed by atoms with E-state index < -0.39 is 6.09 Å². The summed E-state index contributed by atoms with van der Waals surface area (Å²) in [6.07, 6.45) is 2.85. The number of hydrogen-bond acceptors (Lipinski definition) is 5. The highest BCUT2D eigenvalue weighted by atomic mass is 16.7. The molecule has 3 rings (SSSR count). The van der Waals surface area contributed by atoms with Crippen molar-refractivity contribution in [2.45, 2.75) is 0 Å². The normalized spacial score (nSPS) is 9.96. The molecule has 3 aromatic rings. The number of methoxy groups -OCH3 is 1. The van der Waals surface area contributed by atoms with Gasteiger partial charge >= 0.3 is 6.09 Å². The van der Waals surface area contributed by atoms with E-state index in [2.05, 4.69) is 22.4 Å². The first kappa shape index (κ1) is 18.0. The third-order valence-corrected chi connectivity index (χ3v) is 3.85. The molecule has 1 amide bonds. The standard InChI is InChI=1S/C21H19N3O3/c1-15(16-3-5-17(6-4-16)18-11-13-22-14-12-18)24-27-21(25)23-19-7-9-20(26-2)10-8-19/h3-14,24H,1H2,2H3,(H,23,25). The quantitative estimate of drug-likeness (QED) is 0.633. The van der Waals surface area contributed by atoms with Crippen molar-refractivity contribution in [1.29, 1.82) is 0 Å². The number of pyridine rings is 1. The summed E-state index contributed by atoms with van der Waals surface area (Å²) in [6.45, 7) is 3.89. The monoisotopic (exact) mass is 361 g/mol. The van der Waals surface area contributed by atoms with Crippen LogP contribution < -0.4 is 15.5 Å². The van der Waals surface area contributed by atoms with Crippen LogP contribution in [0.25, 0.3) is 16.8 Å². The van der Waals surface area contributed by atoms with Crippen LogP contribution in [0.2, 0.25) is 0 Å². The Labute approximate surface area is 157 Å². The lowest BCUT2D eigenvalue weighted by Gasteiger charge is -2.11. The van der Waals surface area contributed by atoms with E-state index in [4.69, 9.17) is 9.57 Å². The van der Waals surface area contributed by atoms with Crippen molar-refractivity contribution in [3.05, 3.63) is 85.2 Å². The molecule has 27 heavy (non-hydrogen) atoms. The Balaban J connectivity index is 1.53. The van der Waals surface area contributed by atoms with Gasteiger partial charge in [-0.2, -0.15) is 0 Å². The maximum Gasteiger partial charge on any atom is 0.435 e. The van der Waals surface area contributed by atoms with Crippen LogP contribution in [0.5, 0.6) is 5.75 Å². The zero-order chi connectivity index (χ0) is 19.1. The topological polar surface area (TPSA) is 72.5 Å². The summed E-state index contributed by atoms with van der Waals surface area (Å²) in [7, 11) is 1.58. The van der Waals surface area contributed by atoms with Gasteiger partial charge in [0.25, 0.3) is 0 Å². The van der Waals surface area contributed by atoms with Crippen LogP contribution in [-0.2, 0) is 4.84 Å². The second-order valence-electron chi connectivity index (χ2n) is 5.64. The molecule has 2 aromatic carbocycles. The summed E-state index contributed by atoms with van der Waals surface area (Å²) in [5.41, 5.74) is 6.57. The number of nitrogens with one attached hydrogen (secondary N) is 2. The Bertz CT molecular complexity index is 908. The number of carbonyl (C=O) groups is 1. The highest BCUT2D eigenvalue weighted by Crippen LogP contribution is 2.20. The summed E-state index contributed by atoms with van der Waals surface area (Å²) in [5, 5.41) is 2.60. The van der Waals surface area contributed by atoms with Gasteiger partial charge in [-0.25, -0.2) is 10.3 Å². The number of benzene rings is 2. The van der Waals surface area contributed by atoms with E-state index in [9.17, 15) is 4.79 Å². The van der Waals surface area contributed by atoms with Crippen LogP contribution in [0.3, 0.4) is 0 Å². The third-order valence-electron chi connectivity index (χ3n) is 3.85. The second kappa shape index (κ2) is 8.53. The van der Waals surface area contributed by atoms with Gasteiger partial charge in [-0.3, -0.25) is 10.3 Å². The molecule has 0 aliphatic rings. The van der Waals surface area contributed by atoms with Crippen molar-refractivity contribution in [2.75, 3.05) is 12.4 Å². The molecular weight excluding hydrogens is 342 g/mol. The smallest absolute Gasteiger partial charge is 0.435 e. The molecule has 0 aliphatic heterocycles. The Morgan fingerprint density at radius 2 is 1.56 bits per heavy atom. The maximum absolute atomic E-state index is 11.9. The summed E-state index contributed by atoms with van der Waals surface area (Å²) >= 11 is 0. The summed E-state index contributed by atoms with van der Waals surface area (Å²) in [4.78, 5) is 20.9. The van der Waals surface area contributed by atoms with Crippen molar-refractivity contribution in [3.63, 3.8) is 0 Å². The largest absolute Gasteiger partial charge is 0.497 e. The van der Waals surface area contributed by atoms with Gasteiger partial charge in [0.2, 0.25) is 0 Å². The van der Waals surface area contributed by atoms with Crippen molar-refractivity contribution < 1.29 is 14.4 Å². The molecule has 6 heteroatoms.